The Morgan fingerprint density at radius 1 is 1.08 bits per heavy atom. The van der Waals surface area contributed by atoms with Crippen LogP contribution >= 0.6 is 11.6 Å². The second-order valence-corrected chi connectivity index (χ2v) is 7.81. The number of sulfonamides is 1. The molecule has 0 radical (unpaired) electrons. The highest BCUT2D eigenvalue weighted by molar-refractivity contribution is 7.89. The van der Waals surface area contributed by atoms with Gasteiger partial charge in [0.15, 0.2) is 0 Å². The first-order chi connectivity index (χ1) is 11.6. The van der Waals surface area contributed by atoms with E-state index in [0.717, 1.165) is 4.31 Å². The predicted octanol–water partition coefficient (Wildman–Crippen LogP) is 1.21. The largest absolute Gasteiger partial charge is 0.545 e. The number of amides is 1. The van der Waals surface area contributed by atoms with Gasteiger partial charge in [-0.15, -0.1) is 0 Å². The van der Waals surface area contributed by atoms with Crippen LogP contribution in [-0.2, 0) is 10.0 Å². The number of rotatable bonds is 5. The van der Waals surface area contributed by atoms with E-state index < -0.39 is 21.9 Å². The lowest BCUT2D eigenvalue weighted by Crippen LogP contribution is -2.23. The maximum absolute atomic E-state index is 12.4. The van der Waals surface area contributed by atoms with Gasteiger partial charge in [0.2, 0.25) is 10.0 Å². The molecule has 2 aromatic carbocycles. The van der Waals surface area contributed by atoms with E-state index in [1.165, 1.54) is 56.6 Å². The van der Waals surface area contributed by atoms with Gasteiger partial charge in [-0.25, -0.2) is 12.7 Å². The number of hydrogen-bond acceptors (Lipinski definition) is 5. The number of carbonyl (C=O) groups excluding carboxylic acids is 2. The Balaban J connectivity index is 2.31. The maximum Gasteiger partial charge on any atom is 0.257 e. The van der Waals surface area contributed by atoms with Gasteiger partial charge in [-0.1, -0.05) is 23.7 Å². The molecule has 7 nitrogen and oxygen atoms in total. The van der Waals surface area contributed by atoms with Gasteiger partial charge in [0.1, 0.15) is 0 Å². The first-order valence-electron chi connectivity index (χ1n) is 6.98. The second kappa shape index (κ2) is 7.22. The van der Waals surface area contributed by atoms with E-state index in [9.17, 15) is 23.1 Å². The Hall–Kier alpha value is -2.42. The number of anilines is 1. The molecule has 1 N–H and O–H groups in total. The van der Waals surface area contributed by atoms with Crippen molar-refractivity contribution < 1.29 is 23.1 Å². The van der Waals surface area contributed by atoms with Crippen molar-refractivity contribution >= 4 is 39.2 Å². The third-order valence-electron chi connectivity index (χ3n) is 3.34. The van der Waals surface area contributed by atoms with Crippen LogP contribution in [-0.4, -0.2) is 38.7 Å². The summed E-state index contributed by atoms with van der Waals surface area (Å²) in [5.74, 6) is -1.95. The molecule has 0 spiro atoms. The molecular weight excluding hydrogens is 368 g/mol. The van der Waals surface area contributed by atoms with Gasteiger partial charge in [0.25, 0.3) is 5.91 Å². The lowest BCUT2D eigenvalue weighted by atomic mass is 10.2. The summed E-state index contributed by atoms with van der Waals surface area (Å²) in [6.07, 6.45) is 0. The number of nitrogens with one attached hydrogen (secondary N) is 1. The van der Waals surface area contributed by atoms with Gasteiger partial charge in [-0.2, -0.15) is 0 Å². The van der Waals surface area contributed by atoms with Crippen LogP contribution in [0.1, 0.15) is 20.7 Å². The Kier molecular flexibility index (Phi) is 5.46. The first kappa shape index (κ1) is 18.9. The molecule has 9 heteroatoms. The van der Waals surface area contributed by atoms with Crippen LogP contribution in [0.2, 0.25) is 5.02 Å². The molecule has 2 rings (SSSR count). The molecular formula is C16H14ClN2O5S-. The van der Waals surface area contributed by atoms with Crippen LogP contribution in [0, 0.1) is 0 Å². The van der Waals surface area contributed by atoms with E-state index in [1.54, 1.807) is 0 Å². The fourth-order valence-corrected chi connectivity index (χ4v) is 3.07. The molecule has 0 atom stereocenters. The van der Waals surface area contributed by atoms with E-state index >= 15 is 0 Å². The van der Waals surface area contributed by atoms with E-state index in [1.807, 2.05) is 0 Å². The number of halogens is 1. The van der Waals surface area contributed by atoms with Gasteiger partial charge < -0.3 is 15.2 Å². The van der Waals surface area contributed by atoms with Crippen LogP contribution in [0.4, 0.5) is 5.69 Å². The molecule has 25 heavy (non-hydrogen) atoms. The van der Waals surface area contributed by atoms with Crippen molar-refractivity contribution in [1.29, 1.82) is 0 Å². The van der Waals surface area contributed by atoms with Crippen molar-refractivity contribution in [2.45, 2.75) is 4.90 Å². The van der Waals surface area contributed by atoms with Crippen LogP contribution < -0.4 is 10.4 Å². The molecule has 0 aliphatic heterocycles. The van der Waals surface area contributed by atoms with Gasteiger partial charge in [0, 0.05) is 19.8 Å². The van der Waals surface area contributed by atoms with Crippen molar-refractivity contribution in [1.82, 2.24) is 4.31 Å². The zero-order valence-electron chi connectivity index (χ0n) is 13.3. The molecule has 0 aliphatic carbocycles. The standard InChI is InChI=1S/C16H15ClN2O5S/c1-19(2)25(23,24)12-7-8-14(17)13(9-12)15(20)18-11-5-3-10(4-6-11)16(21)22/h3-9H,1-2H3,(H,18,20)(H,21,22)/p-1. The van der Waals surface area contributed by atoms with Crippen molar-refractivity contribution in [2.75, 3.05) is 19.4 Å². The minimum Gasteiger partial charge on any atom is -0.545 e. The van der Waals surface area contributed by atoms with E-state index in [0.29, 0.717) is 5.69 Å². The van der Waals surface area contributed by atoms with Crippen LogP contribution in [0.5, 0.6) is 0 Å². The molecule has 1 amide bonds. The highest BCUT2D eigenvalue weighted by atomic mass is 35.5. The SMILES string of the molecule is CN(C)S(=O)(=O)c1ccc(Cl)c(C(=O)Nc2ccc(C(=O)[O-])cc2)c1. The monoisotopic (exact) mass is 381 g/mol. The summed E-state index contributed by atoms with van der Waals surface area (Å²) in [6.45, 7) is 0. The highest BCUT2D eigenvalue weighted by Crippen LogP contribution is 2.23. The number of aromatic carboxylic acids is 1. The Morgan fingerprint density at radius 2 is 1.68 bits per heavy atom. The fraction of sp³-hybridized carbons (Fsp3) is 0.125. The van der Waals surface area contributed by atoms with E-state index in [4.69, 9.17) is 11.6 Å². The average molecular weight is 382 g/mol. The van der Waals surface area contributed by atoms with Gasteiger partial charge in [-0.3, -0.25) is 4.79 Å². The van der Waals surface area contributed by atoms with Crippen molar-refractivity contribution in [3.63, 3.8) is 0 Å². The number of carboxylic acid groups (broad SMARTS) is 1. The summed E-state index contributed by atoms with van der Waals surface area (Å²) in [5, 5.41) is 13.3. The minimum atomic E-state index is -3.72. The Labute approximate surface area is 149 Å². The van der Waals surface area contributed by atoms with E-state index in [-0.39, 0.29) is 21.0 Å². The van der Waals surface area contributed by atoms with Crippen molar-refractivity contribution in [2.24, 2.45) is 0 Å². The molecule has 0 aliphatic rings. The van der Waals surface area contributed by atoms with Crippen molar-refractivity contribution in [3.05, 3.63) is 58.6 Å². The minimum absolute atomic E-state index is 0.0198. The fourth-order valence-electron chi connectivity index (χ4n) is 1.94. The summed E-state index contributed by atoms with van der Waals surface area (Å²) < 4.78 is 25.4. The van der Waals surface area contributed by atoms with Gasteiger partial charge >= 0.3 is 0 Å². The van der Waals surface area contributed by atoms with Crippen LogP contribution in [0.25, 0.3) is 0 Å². The lowest BCUT2D eigenvalue weighted by molar-refractivity contribution is -0.255. The van der Waals surface area contributed by atoms with Crippen molar-refractivity contribution in [3.8, 4) is 0 Å². The van der Waals surface area contributed by atoms with Crippen LogP contribution in [0.3, 0.4) is 0 Å². The van der Waals surface area contributed by atoms with Gasteiger partial charge in [0.05, 0.1) is 21.5 Å². The third-order valence-corrected chi connectivity index (χ3v) is 5.48. The molecule has 0 fully saturated rings. The zero-order valence-corrected chi connectivity index (χ0v) is 14.9. The summed E-state index contributed by atoms with van der Waals surface area (Å²) in [6, 6.07) is 9.14. The predicted molar refractivity (Wildman–Crippen MR) is 91.1 cm³/mol. The average Bonchev–Trinajstić information content (AvgIpc) is 2.55. The summed E-state index contributed by atoms with van der Waals surface area (Å²) in [4.78, 5) is 23.0. The second-order valence-electron chi connectivity index (χ2n) is 5.25. The summed E-state index contributed by atoms with van der Waals surface area (Å²) in [7, 11) is -0.960. The highest BCUT2D eigenvalue weighted by Gasteiger charge is 2.20. The van der Waals surface area contributed by atoms with E-state index in [2.05, 4.69) is 5.32 Å². The Morgan fingerprint density at radius 3 is 2.20 bits per heavy atom. The maximum atomic E-state index is 12.4. The number of carbonyl (C=O) groups is 2. The number of carboxylic acids is 1. The number of hydrogen-bond donors (Lipinski definition) is 1. The van der Waals surface area contributed by atoms with Crippen LogP contribution in [0.15, 0.2) is 47.4 Å². The first-order valence-corrected chi connectivity index (χ1v) is 8.79. The molecule has 0 saturated carbocycles. The summed E-state index contributed by atoms with van der Waals surface area (Å²) >= 11 is 6.00. The quantitative estimate of drug-likeness (QED) is 0.837. The molecule has 0 heterocycles. The normalized spacial score (nSPS) is 11.4. The zero-order chi connectivity index (χ0) is 18.8. The molecule has 2 aromatic rings. The molecule has 0 aromatic heterocycles. The molecule has 0 saturated heterocycles. The van der Waals surface area contributed by atoms with Gasteiger partial charge in [-0.05, 0) is 35.9 Å². The smallest absolute Gasteiger partial charge is 0.257 e. The topological polar surface area (TPSA) is 107 Å². The summed E-state index contributed by atoms with van der Waals surface area (Å²) in [5.41, 5.74) is 0.274. The number of benzene rings is 2. The molecule has 0 bridgehead atoms. The molecule has 0 unspecified atom stereocenters. The Bertz CT molecular complexity index is 924. The molecule has 132 valence electrons. The number of nitrogens with zero attached hydrogens (tertiary/aromatic N) is 1. The lowest BCUT2D eigenvalue weighted by Gasteiger charge is -2.13. The third kappa shape index (κ3) is 4.16.